The molecule has 0 aromatic rings. The normalized spacial score (nSPS) is 14.5. The Morgan fingerprint density at radius 1 is 1.15 bits per heavy atom. The summed E-state index contributed by atoms with van der Waals surface area (Å²) < 4.78 is 0. The molecule has 0 bridgehead atoms. The summed E-state index contributed by atoms with van der Waals surface area (Å²) in [5.41, 5.74) is 6.20. The van der Waals surface area contributed by atoms with Crippen molar-refractivity contribution in [2.24, 2.45) is 17.1 Å². The predicted octanol–water partition coefficient (Wildman–Crippen LogP) is 3.58. The topological polar surface area (TPSA) is 26.0 Å². The Labute approximate surface area is 84.1 Å². The Kier molecular flexibility index (Phi) is 6.40. The van der Waals surface area contributed by atoms with E-state index in [0.717, 1.165) is 12.5 Å². The zero-order valence-electron chi connectivity index (χ0n) is 9.90. The standard InChI is InChI=1S/C12H27N/c1-5-9-12(6-2,7-3)11(4)8-10-13/h11H,5-10,13H2,1-4H3. The molecule has 0 radical (unpaired) electrons. The second-order valence-electron chi connectivity index (χ2n) is 4.30. The van der Waals surface area contributed by atoms with Gasteiger partial charge in [0.15, 0.2) is 0 Å². The molecule has 0 amide bonds. The van der Waals surface area contributed by atoms with Crippen molar-refractivity contribution in [3.63, 3.8) is 0 Å². The fourth-order valence-corrected chi connectivity index (χ4v) is 2.60. The van der Waals surface area contributed by atoms with E-state index in [1.807, 2.05) is 0 Å². The first-order chi connectivity index (χ1) is 6.16. The van der Waals surface area contributed by atoms with Crippen molar-refractivity contribution in [3.8, 4) is 0 Å². The predicted molar refractivity (Wildman–Crippen MR) is 60.8 cm³/mol. The van der Waals surface area contributed by atoms with E-state index in [9.17, 15) is 0 Å². The first-order valence-electron chi connectivity index (χ1n) is 5.86. The van der Waals surface area contributed by atoms with Gasteiger partial charge < -0.3 is 5.73 Å². The zero-order valence-corrected chi connectivity index (χ0v) is 9.90. The number of nitrogens with two attached hydrogens (primary N) is 1. The third kappa shape index (κ3) is 3.30. The van der Waals surface area contributed by atoms with Crippen LogP contribution in [0.15, 0.2) is 0 Å². The van der Waals surface area contributed by atoms with Crippen LogP contribution in [-0.4, -0.2) is 6.54 Å². The largest absolute Gasteiger partial charge is 0.330 e. The van der Waals surface area contributed by atoms with Gasteiger partial charge in [0.25, 0.3) is 0 Å². The molecule has 2 N–H and O–H groups in total. The molecule has 0 saturated heterocycles. The minimum atomic E-state index is 0.564. The van der Waals surface area contributed by atoms with E-state index in [1.54, 1.807) is 0 Å². The lowest BCUT2D eigenvalue weighted by Crippen LogP contribution is -2.29. The monoisotopic (exact) mass is 185 g/mol. The van der Waals surface area contributed by atoms with E-state index in [-0.39, 0.29) is 0 Å². The maximum Gasteiger partial charge on any atom is -0.00745 e. The summed E-state index contributed by atoms with van der Waals surface area (Å²) in [5.74, 6) is 0.785. The van der Waals surface area contributed by atoms with Crippen LogP contribution in [0.4, 0.5) is 0 Å². The van der Waals surface area contributed by atoms with E-state index in [1.165, 1.54) is 32.1 Å². The molecule has 13 heavy (non-hydrogen) atoms. The van der Waals surface area contributed by atoms with Crippen LogP contribution in [0, 0.1) is 11.3 Å². The summed E-state index contributed by atoms with van der Waals surface area (Å²) in [6.07, 6.45) is 6.45. The molecule has 1 atom stereocenters. The average molecular weight is 185 g/mol. The summed E-state index contributed by atoms with van der Waals surface area (Å²) in [5, 5.41) is 0. The Bertz CT molecular complexity index is 116. The maximum atomic E-state index is 5.63. The van der Waals surface area contributed by atoms with Crippen LogP contribution in [-0.2, 0) is 0 Å². The fourth-order valence-electron chi connectivity index (χ4n) is 2.60. The lowest BCUT2D eigenvalue weighted by molar-refractivity contribution is 0.133. The SMILES string of the molecule is CCCC(CC)(CC)C(C)CCN. The molecule has 1 heteroatoms. The molecule has 0 rings (SSSR count). The van der Waals surface area contributed by atoms with Crippen molar-refractivity contribution in [2.75, 3.05) is 6.54 Å². The molecule has 0 heterocycles. The van der Waals surface area contributed by atoms with Gasteiger partial charge in [-0.15, -0.1) is 0 Å². The fraction of sp³-hybridized carbons (Fsp3) is 1.00. The quantitative estimate of drug-likeness (QED) is 0.644. The van der Waals surface area contributed by atoms with Gasteiger partial charge in [0, 0.05) is 0 Å². The van der Waals surface area contributed by atoms with Crippen LogP contribution in [0.2, 0.25) is 0 Å². The highest BCUT2D eigenvalue weighted by atomic mass is 14.5. The van der Waals surface area contributed by atoms with Crippen LogP contribution < -0.4 is 5.73 Å². The molecule has 0 aliphatic rings. The minimum Gasteiger partial charge on any atom is -0.330 e. The molecule has 0 aliphatic heterocycles. The van der Waals surface area contributed by atoms with Gasteiger partial charge in [0.2, 0.25) is 0 Å². The second-order valence-corrected chi connectivity index (χ2v) is 4.30. The van der Waals surface area contributed by atoms with Crippen LogP contribution in [0.5, 0.6) is 0 Å². The van der Waals surface area contributed by atoms with Gasteiger partial charge >= 0.3 is 0 Å². The Morgan fingerprint density at radius 2 is 1.69 bits per heavy atom. The first kappa shape index (κ1) is 13.0. The third-order valence-corrected chi connectivity index (χ3v) is 3.80. The van der Waals surface area contributed by atoms with Crippen molar-refractivity contribution in [3.05, 3.63) is 0 Å². The summed E-state index contributed by atoms with van der Waals surface area (Å²) in [6, 6.07) is 0. The Morgan fingerprint density at radius 3 is 2.00 bits per heavy atom. The molecule has 0 aromatic carbocycles. The van der Waals surface area contributed by atoms with Crippen molar-refractivity contribution < 1.29 is 0 Å². The second kappa shape index (κ2) is 6.42. The Balaban J connectivity index is 4.33. The zero-order chi connectivity index (χ0) is 10.3. The highest BCUT2D eigenvalue weighted by Gasteiger charge is 2.30. The molecule has 0 aromatic heterocycles. The molecule has 0 saturated carbocycles. The number of hydrogen-bond donors (Lipinski definition) is 1. The van der Waals surface area contributed by atoms with E-state index >= 15 is 0 Å². The average Bonchev–Trinajstić information content (AvgIpc) is 2.14. The molecule has 0 spiro atoms. The van der Waals surface area contributed by atoms with E-state index in [4.69, 9.17) is 5.73 Å². The molecule has 0 fully saturated rings. The number of rotatable bonds is 7. The molecule has 0 aliphatic carbocycles. The summed E-state index contributed by atoms with van der Waals surface area (Å²) in [7, 11) is 0. The van der Waals surface area contributed by atoms with Crippen molar-refractivity contribution in [1.82, 2.24) is 0 Å². The highest BCUT2D eigenvalue weighted by molar-refractivity contribution is 4.81. The van der Waals surface area contributed by atoms with Crippen LogP contribution in [0.25, 0.3) is 0 Å². The van der Waals surface area contributed by atoms with Gasteiger partial charge in [0.1, 0.15) is 0 Å². The molecular formula is C12H27N. The smallest absolute Gasteiger partial charge is 0.00745 e. The molecule has 80 valence electrons. The lowest BCUT2D eigenvalue weighted by atomic mass is 9.68. The molecular weight excluding hydrogens is 158 g/mol. The van der Waals surface area contributed by atoms with Gasteiger partial charge in [-0.3, -0.25) is 0 Å². The van der Waals surface area contributed by atoms with Crippen molar-refractivity contribution in [2.45, 2.75) is 59.8 Å². The molecule has 1 unspecified atom stereocenters. The summed E-state index contributed by atoms with van der Waals surface area (Å²) >= 11 is 0. The summed E-state index contributed by atoms with van der Waals surface area (Å²) in [4.78, 5) is 0. The summed E-state index contributed by atoms with van der Waals surface area (Å²) in [6.45, 7) is 10.1. The van der Waals surface area contributed by atoms with Gasteiger partial charge in [-0.25, -0.2) is 0 Å². The van der Waals surface area contributed by atoms with E-state index < -0.39 is 0 Å². The Hall–Kier alpha value is -0.0400. The van der Waals surface area contributed by atoms with Crippen molar-refractivity contribution >= 4 is 0 Å². The van der Waals surface area contributed by atoms with Crippen LogP contribution in [0.1, 0.15) is 59.8 Å². The van der Waals surface area contributed by atoms with Gasteiger partial charge in [0.05, 0.1) is 0 Å². The van der Waals surface area contributed by atoms with E-state index in [0.29, 0.717) is 5.41 Å². The van der Waals surface area contributed by atoms with Gasteiger partial charge in [-0.1, -0.05) is 47.0 Å². The van der Waals surface area contributed by atoms with Crippen molar-refractivity contribution in [1.29, 1.82) is 0 Å². The lowest BCUT2D eigenvalue weighted by Gasteiger charge is -2.38. The minimum absolute atomic E-state index is 0.564. The van der Waals surface area contributed by atoms with Gasteiger partial charge in [-0.05, 0) is 30.7 Å². The maximum absolute atomic E-state index is 5.63. The molecule has 1 nitrogen and oxygen atoms in total. The van der Waals surface area contributed by atoms with Gasteiger partial charge in [-0.2, -0.15) is 0 Å². The van der Waals surface area contributed by atoms with Crippen LogP contribution >= 0.6 is 0 Å². The highest BCUT2D eigenvalue weighted by Crippen LogP contribution is 2.41. The third-order valence-electron chi connectivity index (χ3n) is 3.80. The van der Waals surface area contributed by atoms with E-state index in [2.05, 4.69) is 27.7 Å². The number of hydrogen-bond acceptors (Lipinski definition) is 1. The first-order valence-corrected chi connectivity index (χ1v) is 5.86. The van der Waals surface area contributed by atoms with Crippen LogP contribution in [0.3, 0.4) is 0 Å².